The lowest BCUT2D eigenvalue weighted by atomic mass is 9.90. The molecule has 5 aromatic carbocycles. The molecule has 0 aliphatic carbocycles. The first-order valence-corrected chi connectivity index (χ1v) is 12.0. The van der Waals surface area contributed by atoms with Crippen molar-refractivity contribution in [1.29, 1.82) is 0 Å². The average Bonchev–Trinajstić information content (AvgIpc) is 3.24. The van der Waals surface area contributed by atoms with Crippen LogP contribution in [0.1, 0.15) is 25.3 Å². The van der Waals surface area contributed by atoms with Crippen LogP contribution in [0.4, 0.5) is 0 Å². The number of benzene rings is 5. The Balaban J connectivity index is 1.77. The predicted molar refractivity (Wildman–Crippen MR) is 146 cm³/mol. The van der Waals surface area contributed by atoms with Crippen molar-refractivity contribution >= 4 is 21.8 Å². The maximum absolute atomic E-state index is 2.49. The van der Waals surface area contributed by atoms with E-state index in [1.807, 2.05) is 0 Å². The van der Waals surface area contributed by atoms with Gasteiger partial charge in [-0.05, 0) is 40.3 Å². The third-order valence-corrected chi connectivity index (χ3v) is 6.77. The van der Waals surface area contributed by atoms with Gasteiger partial charge in [-0.15, -0.1) is 0 Å². The monoisotopic (exact) mass is 437 g/mol. The summed E-state index contributed by atoms with van der Waals surface area (Å²) < 4.78 is 2.49. The minimum Gasteiger partial charge on any atom is -0.308 e. The van der Waals surface area contributed by atoms with Gasteiger partial charge in [0.15, 0.2) is 0 Å². The van der Waals surface area contributed by atoms with Crippen LogP contribution in [-0.2, 0) is 0 Å². The minimum atomic E-state index is 0.367. The van der Waals surface area contributed by atoms with Gasteiger partial charge in [0.2, 0.25) is 0 Å². The first-order chi connectivity index (χ1) is 16.7. The number of fused-ring (bicyclic) bond motifs is 3. The molecule has 0 bridgehead atoms. The highest BCUT2D eigenvalue weighted by Gasteiger charge is 2.21. The molecule has 6 rings (SSSR count). The average molecular weight is 438 g/mol. The largest absolute Gasteiger partial charge is 0.308 e. The standard InChI is InChI=1S/C33H27N/c1-23(2)32-26(24-13-5-3-6-14-24)18-12-22-31(32)34-30-21-10-9-17-28(30)29-20-11-19-27(33(29)34)25-15-7-4-8-16-25/h3-23H,1-2H3. The van der Waals surface area contributed by atoms with Gasteiger partial charge >= 0.3 is 0 Å². The highest BCUT2D eigenvalue weighted by atomic mass is 15.0. The topological polar surface area (TPSA) is 4.93 Å². The molecular formula is C33H27N. The van der Waals surface area contributed by atoms with E-state index in [-0.39, 0.29) is 0 Å². The number of para-hydroxylation sites is 2. The van der Waals surface area contributed by atoms with Gasteiger partial charge in [0.1, 0.15) is 0 Å². The Hall–Kier alpha value is -4.10. The lowest BCUT2D eigenvalue weighted by Crippen LogP contribution is -2.04. The van der Waals surface area contributed by atoms with Gasteiger partial charge in [-0.2, -0.15) is 0 Å². The maximum atomic E-state index is 2.49. The number of hydrogen-bond acceptors (Lipinski definition) is 0. The summed E-state index contributed by atoms with van der Waals surface area (Å²) in [6.45, 7) is 4.61. The Morgan fingerprint density at radius 3 is 1.76 bits per heavy atom. The summed E-state index contributed by atoms with van der Waals surface area (Å²) in [5.41, 5.74) is 10.2. The van der Waals surface area contributed by atoms with Gasteiger partial charge in [0, 0.05) is 16.3 Å². The van der Waals surface area contributed by atoms with Crippen LogP contribution >= 0.6 is 0 Å². The van der Waals surface area contributed by atoms with Crippen molar-refractivity contribution in [1.82, 2.24) is 4.57 Å². The second-order valence-electron chi connectivity index (χ2n) is 9.18. The molecule has 0 amide bonds. The molecule has 0 saturated heterocycles. The molecular weight excluding hydrogens is 410 g/mol. The van der Waals surface area contributed by atoms with Crippen LogP contribution in [0.25, 0.3) is 49.7 Å². The molecule has 1 aromatic heterocycles. The fourth-order valence-corrected chi connectivity index (χ4v) is 5.34. The molecule has 0 fully saturated rings. The summed E-state index contributed by atoms with van der Waals surface area (Å²) in [6.07, 6.45) is 0. The Morgan fingerprint density at radius 1 is 0.500 bits per heavy atom. The summed E-state index contributed by atoms with van der Waals surface area (Å²) in [7, 11) is 0. The molecule has 0 radical (unpaired) electrons. The first kappa shape index (κ1) is 20.5. The smallest absolute Gasteiger partial charge is 0.0619 e. The van der Waals surface area contributed by atoms with Crippen molar-refractivity contribution in [3.8, 4) is 27.9 Å². The molecule has 0 atom stereocenters. The van der Waals surface area contributed by atoms with Crippen molar-refractivity contribution in [2.24, 2.45) is 0 Å². The van der Waals surface area contributed by atoms with E-state index in [0.29, 0.717) is 5.92 Å². The molecule has 1 nitrogen and oxygen atoms in total. The molecule has 34 heavy (non-hydrogen) atoms. The van der Waals surface area contributed by atoms with E-state index < -0.39 is 0 Å². The van der Waals surface area contributed by atoms with Crippen LogP contribution in [0.15, 0.2) is 121 Å². The van der Waals surface area contributed by atoms with E-state index >= 15 is 0 Å². The summed E-state index contributed by atoms with van der Waals surface area (Å²) in [6, 6.07) is 43.8. The van der Waals surface area contributed by atoms with Gasteiger partial charge in [0.25, 0.3) is 0 Å². The summed E-state index contributed by atoms with van der Waals surface area (Å²) in [4.78, 5) is 0. The van der Waals surface area contributed by atoms with Crippen LogP contribution < -0.4 is 0 Å². The second kappa shape index (κ2) is 8.35. The number of rotatable bonds is 4. The van der Waals surface area contributed by atoms with Crippen molar-refractivity contribution in [2.75, 3.05) is 0 Å². The fraction of sp³-hybridized carbons (Fsp3) is 0.0909. The number of nitrogens with zero attached hydrogens (tertiary/aromatic N) is 1. The molecule has 0 unspecified atom stereocenters. The van der Waals surface area contributed by atoms with E-state index in [2.05, 4.69) is 140 Å². The summed E-state index contributed by atoms with van der Waals surface area (Å²) in [5, 5.41) is 2.58. The lowest BCUT2D eigenvalue weighted by Gasteiger charge is -2.21. The van der Waals surface area contributed by atoms with Crippen molar-refractivity contribution in [3.63, 3.8) is 0 Å². The third-order valence-electron chi connectivity index (χ3n) is 6.77. The highest BCUT2D eigenvalue weighted by molar-refractivity contribution is 6.14. The Morgan fingerprint density at radius 2 is 1.06 bits per heavy atom. The van der Waals surface area contributed by atoms with Gasteiger partial charge in [-0.1, -0.05) is 123 Å². The van der Waals surface area contributed by atoms with E-state index in [4.69, 9.17) is 0 Å². The van der Waals surface area contributed by atoms with Gasteiger partial charge in [-0.25, -0.2) is 0 Å². The van der Waals surface area contributed by atoms with E-state index in [1.54, 1.807) is 0 Å². The Labute approximate surface area is 200 Å². The van der Waals surface area contributed by atoms with Crippen LogP contribution in [0.3, 0.4) is 0 Å². The van der Waals surface area contributed by atoms with E-state index in [9.17, 15) is 0 Å². The SMILES string of the molecule is CC(C)c1c(-c2ccccc2)cccc1-n1c2ccccc2c2cccc(-c3ccccc3)c21. The highest BCUT2D eigenvalue weighted by Crippen LogP contribution is 2.41. The fourth-order valence-electron chi connectivity index (χ4n) is 5.34. The molecule has 0 saturated carbocycles. The van der Waals surface area contributed by atoms with E-state index in [0.717, 1.165) is 0 Å². The van der Waals surface area contributed by atoms with E-state index in [1.165, 1.54) is 55.3 Å². The quantitative estimate of drug-likeness (QED) is 0.259. The van der Waals surface area contributed by atoms with Gasteiger partial charge < -0.3 is 4.57 Å². The van der Waals surface area contributed by atoms with Crippen LogP contribution in [-0.4, -0.2) is 4.57 Å². The number of aromatic nitrogens is 1. The van der Waals surface area contributed by atoms with Crippen molar-refractivity contribution < 1.29 is 0 Å². The van der Waals surface area contributed by atoms with Crippen LogP contribution in [0, 0.1) is 0 Å². The Bertz CT molecular complexity index is 1610. The summed E-state index contributed by atoms with van der Waals surface area (Å²) in [5.74, 6) is 0.367. The molecule has 0 spiro atoms. The van der Waals surface area contributed by atoms with Crippen molar-refractivity contribution in [2.45, 2.75) is 19.8 Å². The molecule has 164 valence electrons. The zero-order valence-electron chi connectivity index (χ0n) is 19.6. The van der Waals surface area contributed by atoms with Gasteiger partial charge in [0.05, 0.1) is 16.7 Å². The normalized spacial score (nSPS) is 11.5. The van der Waals surface area contributed by atoms with Crippen LogP contribution in [0.2, 0.25) is 0 Å². The zero-order chi connectivity index (χ0) is 23.1. The second-order valence-corrected chi connectivity index (χ2v) is 9.18. The lowest BCUT2D eigenvalue weighted by molar-refractivity contribution is 0.856. The van der Waals surface area contributed by atoms with Gasteiger partial charge in [-0.3, -0.25) is 0 Å². The van der Waals surface area contributed by atoms with Crippen LogP contribution in [0.5, 0.6) is 0 Å². The third kappa shape index (κ3) is 3.24. The number of hydrogen-bond donors (Lipinski definition) is 0. The summed E-state index contributed by atoms with van der Waals surface area (Å²) >= 11 is 0. The molecule has 1 heterocycles. The molecule has 0 N–H and O–H groups in total. The molecule has 6 aromatic rings. The Kier molecular flexibility index (Phi) is 5.04. The molecule has 1 heteroatoms. The van der Waals surface area contributed by atoms with Crippen molar-refractivity contribution in [3.05, 3.63) is 127 Å². The maximum Gasteiger partial charge on any atom is 0.0619 e. The zero-order valence-corrected chi connectivity index (χ0v) is 19.6. The first-order valence-electron chi connectivity index (χ1n) is 12.0. The minimum absolute atomic E-state index is 0.367. The molecule has 0 aliphatic rings. The predicted octanol–water partition coefficient (Wildman–Crippen LogP) is 9.24. The molecule has 0 aliphatic heterocycles.